The summed E-state index contributed by atoms with van der Waals surface area (Å²) in [6.45, 7) is 2.96. The van der Waals surface area contributed by atoms with Crippen molar-refractivity contribution in [2.45, 2.75) is 19.4 Å². The highest BCUT2D eigenvalue weighted by Crippen LogP contribution is 2.45. The van der Waals surface area contributed by atoms with Crippen LogP contribution in [0.3, 0.4) is 0 Å². The Morgan fingerprint density at radius 3 is 2.03 bits per heavy atom. The lowest BCUT2D eigenvalue weighted by Gasteiger charge is -2.28. The van der Waals surface area contributed by atoms with Gasteiger partial charge >= 0.3 is 0 Å². The zero-order valence-electron chi connectivity index (χ0n) is 22.0. The van der Waals surface area contributed by atoms with Crippen LogP contribution in [0.25, 0.3) is 0 Å². The lowest BCUT2D eigenvalue weighted by molar-refractivity contribution is -0.858. The number of quaternary nitrogens is 1. The van der Waals surface area contributed by atoms with E-state index in [1.807, 2.05) is 21.0 Å². The smallest absolute Gasteiger partial charge is 0.291 e. The second-order valence-corrected chi connectivity index (χ2v) is 9.10. The average molecular weight is 500 g/mol. The quantitative estimate of drug-likeness (QED) is 0.285. The van der Waals surface area contributed by atoms with Crippen molar-refractivity contribution in [2.75, 3.05) is 55.6 Å². The van der Waals surface area contributed by atoms with E-state index in [1.54, 1.807) is 37.4 Å². The second kappa shape index (κ2) is 11.4. The standard InChI is InChI=1S/C27H34N2O7/c1-16-13-17(9-10-19(16)33-4)24(30)22-23(29(27(32)25(22)31)12-8-11-28(2)3)18-14-20(34-5)26(36-7)21(15-18)35-6/h9-10,13-15,22-23H,8,11-12H2,1-7H3/p+1. The number of carbonyl (C=O) groups excluding carboxylic acids is 3. The number of nitrogens with one attached hydrogen (secondary N) is 1. The summed E-state index contributed by atoms with van der Waals surface area (Å²) in [4.78, 5) is 43.0. The van der Waals surface area contributed by atoms with Gasteiger partial charge in [0.05, 0.1) is 55.1 Å². The fourth-order valence-electron chi connectivity index (χ4n) is 4.69. The Balaban J connectivity index is 2.14. The molecular weight excluding hydrogens is 464 g/mol. The van der Waals surface area contributed by atoms with E-state index in [1.165, 1.54) is 31.1 Å². The van der Waals surface area contributed by atoms with E-state index in [-0.39, 0.29) is 0 Å². The normalized spacial score (nSPS) is 17.5. The van der Waals surface area contributed by atoms with E-state index in [0.717, 1.165) is 12.1 Å². The maximum absolute atomic E-state index is 13.8. The number of likely N-dealkylation sites (tertiary alicyclic amines) is 1. The summed E-state index contributed by atoms with van der Waals surface area (Å²) in [5.41, 5.74) is 1.66. The van der Waals surface area contributed by atoms with Gasteiger partial charge in [-0.15, -0.1) is 0 Å². The highest BCUT2D eigenvalue weighted by Gasteiger charge is 2.51. The SMILES string of the molecule is COc1ccc(C(=O)C2C(=O)C(=O)N(CCC[NH+](C)C)C2c2cc(OC)c(OC)c(OC)c2)cc1C. The molecule has 1 aliphatic rings. The van der Waals surface area contributed by atoms with Crippen molar-refractivity contribution in [2.24, 2.45) is 5.92 Å². The molecule has 2 aromatic rings. The van der Waals surface area contributed by atoms with Gasteiger partial charge in [0, 0.05) is 18.5 Å². The highest BCUT2D eigenvalue weighted by molar-refractivity contribution is 6.44. The van der Waals surface area contributed by atoms with Gasteiger partial charge in [-0.3, -0.25) is 14.4 Å². The molecule has 0 radical (unpaired) electrons. The van der Waals surface area contributed by atoms with Gasteiger partial charge in [0.1, 0.15) is 11.7 Å². The van der Waals surface area contributed by atoms with Crippen LogP contribution in [0, 0.1) is 12.8 Å². The number of ketones is 2. The molecule has 0 aromatic heterocycles. The second-order valence-electron chi connectivity index (χ2n) is 9.10. The van der Waals surface area contributed by atoms with Gasteiger partial charge in [-0.1, -0.05) is 0 Å². The molecule has 9 nitrogen and oxygen atoms in total. The molecule has 2 aromatic carbocycles. The molecule has 194 valence electrons. The summed E-state index contributed by atoms with van der Waals surface area (Å²) in [5, 5.41) is 0. The number of Topliss-reactive ketones (excluding diaryl/α,β-unsaturated/α-hetero) is 2. The molecule has 1 fully saturated rings. The number of rotatable bonds is 11. The Kier molecular flexibility index (Phi) is 8.57. The Labute approximate surface area is 211 Å². The molecule has 1 heterocycles. The van der Waals surface area contributed by atoms with Crippen molar-refractivity contribution < 1.29 is 38.2 Å². The minimum atomic E-state index is -1.21. The number of amides is 1. The predicted molar refractivity (Wildman–Crippen MR) is 133 cm³/mol. The largest absolute Gasteiger partial charge is 0.496 e. The van der Waals surface area contributed by atoms with E-state index in [2.05, 4.69) is 0 Å². The van der Waals surface area contributed by atoms with Crippen LogP contribution in [-0.2, 0) is 9.59 Å². The first-order valence-electron chi connectivity index (χ1n) is 11.8. The number of methoxy groups -OCH3 is 4. The number of carbonyl (C=O) groups is 3. The van der Waals surface area contributed by atoms with Gasteiger partial charge in [0.15, 0.2) is 17.3 Å². The Hall–Kier alpha value is -3.59. The summed E-state index contributed by atoms with van der Waals surface area (Å²) in [7, 11) is 10.1. The first-order valence-corrected chi connectivity index (χ1v) is 11.8. The lowest BCUT2D eigenvalue weighted by Crippen LogP contribution is -3.05. The summed E-state index contributed by atoms with van der Waals surface area (Å²) in [6.07, 6.45) is 0.671. The van der Waals surface area contributed by atoms with Gasteiger partial charge in [0.2, 0.25) is 11.5 Å². The van der Waals surface area contributed by atoms with Gasteiger partial charge in [-0.2, -0.15) is 0 Å². The van der Waals surface area contributed by atoms with Crippen molar-refractivity contribution in [1.29, 1.82) is 0 Å². The van der Waals surface area contributed by atoms with Crippen LogP contribution >= 0.6 is 0 Å². The van der Waals surface area contributed by atoms with E-state index in [4.69, 9.17) is 18.9 Å². The van der Waals surface area contributed by atoms with E-state index in [9.17, 15) is 14.4 Å². The molecule has 1 amide bonds. The summed E-state index contributed by atoms with van der Waals surface area (Å²) < 4.78 is 21.8. The van der Waals surface area contributed by atoms with Crippen LogP contribution in [-0.4, -0.2) is 78.0 Å². The van der Waals surface area contributed by atoms with Crippen LogP contribution in [0.4, 0.5) is 0 Å². The number of aryl methyl sites for hydroxylation is 1. The summed E-state index contributed by atoms with van der Waals surface area (Å²) in [5.74, 6) is -1.23. The Bertz CT molecular complexity index is 1120. The summed E-state index contributed by atoms with van der Waals surface area (Å²) in [6, 6.07) is 7.57. The molecule has 1 N–H and O–H groups in total. The molecule has 9 heteroatoms. The number of hydrogen-bond acceptors (Lipinski definition) is 7. The molecule has 0 aliphatic carbocycles. The molecular formula is C27H35N2O7+. The Morgan fingerprint density at radius 1 is 0.917 bits per heavy atom. The molecule has 0 bridgehead atoms. The van der Waals surface area contributed by atoms with Crippen LogP contribution in [0.2, 0.25) is 0 Å². The molecule has 2 unspecified atom stereocenters. The van der Waals surface area contributed by atoms with E-state index < -0.39 is 29.4 Å². The first kappa shape index (κ1) is 27.0. The number of ether oxygens (including phenoxy) is 4. The highest BCUT2D eigenvalue weighted by atomic mass is 16.5. The maximum atomic E-state index is 13.8. The average Bonchev–Trinajstić information content (AvgIpc) is 3.12. The van der Waals surface area contributed by atoms with Crippen molar-refractivity contribution in [3.63, 3.8) is 0 Å². The molecule has 36 heavy (non-hydrogen) atoms. The third-order valence-corrected chi connectivity index (χ3v) is 6.47. The topological polar surface area (TPSA) is 95.8 Å². The van der Waals surface area contributed by atoms with Crippen LogP contribution in [0.15, 0.2) is 30.3 Å². The molecule has 2 atom stereocenters. The van der Waals surface area contributed by atoms with E-state index in [0.29, 0.717) is 47.1 Å². The third-order valence-electron chi connectivity index (χ3n) is 6.47. The minimum Gasteiger partial charge on any atom is -0.496 e. The molecule has 0 spiro atoms. The first-order chi connectivity index (χ1) is 17.2. The van der Waals surface area contributed by atoms with Gasteiger partial charge < -0.3 is 28.7 Å². The van der Waals surface area contributed by atoms with Crippen molar-refractivity contribution in [1.82, 2.24) is 4.90 Å². The lowest BCUT2D eigenvalue weighted by atomic mass is 9.85. The van der Waals surface area contributed by atoms with Crippen LogP contribution in [0.5, 0.6) is 23.0 Å². The molecule has 1 saturated heterocycles. The van der Waals surface area contributed by atoms with Crippen LogP contribution < -0.4 is 23.8 Å². The fraction of sp³-hybridized carbons (Fsp3) is 0.444. The third kappa shape index (κ3) is 5.16. The zero-order chi connectivity index (χ0) is 26.6. The van der Waals surface area contributed by atoms with Gasteiger partial charge in [-0.05, 0) is 48.4 Å². The molecule has 0 saturated carbocycles. The monoisotopic (exact) mass is 499 g/mol. The van der Waals surface area contributed by atoms with Gasteiger partial charge in [0.25, 0.3) is 5.91 Å². The molecule has 3 rings (SSSR count). The van der Waals surface area contributed by atoms with Crippen LogP contribution in [0.1, 0.15) is 33.9 Å². The predicted octanol–water partition coefficient (Wildman–Crippen LogP) is 1.52. The van der Waals surface area contributed by atoms with Crippen molar-refractivity contribution in [3.8, 4) is 23.0 Å². The minimum absolute atomic E-state index is 0.336. The summed E-state index contributed by atoms with van der Waals surface area (Å²) >= 11 is 0. The number of nitrogens with zero attached hydrogens (tertiary/aromatic N) is 1. The van der Waals surface area contributed by atoms with Gasteiger partial charge in [-0.25, -0.2) is 0 Å². The van der Waals surface area contributed by atoms with Crippen molar-refractivity contribution >= 4 is 17.5 Å². The number of hydrogen-bond donors (Lipinski definition) is 1. The fourth-order valence-corrected chi connectivity index (χ4v) is 4.69. The molecule has 1 aliphatic heterocycles. The number of benzene rings is 2. The van der Waals surface area contributed by atoms with E-state index >= 15 is 0 Å². The van der Waals surface area contributed by atoms with Crippen molar-refractivity contribution in [3.05, 3.63) is 47.0 Å². The Morgan fingerprint density at radius 2 is 1.53 bits per heavy atom. The maximum Gasteiger partial charge on any atom is 0.291 e. The zero-order valence-corrected chi connectivity index (χ0v) is 22.0.